The molecular formula is C15H19N3O2. The molecule has 0 spiro atoms. The van der Waals surface area contributed by atoms with Crippen molar-refractivity contribution < 1.29 is 9.53 Å². The van der Waals surface area contributed by atoms with Gasteiger partial charge in [0.1, 0.15) is 0 Å². The molecule has 2 unspecified atom stereocenters. The Morgan fingerprint density at radius 1 is 1.45 bits per heavy atom. The Kier molecular flexibility index (Phi) is 3.46. The van der Waals surface area contributed by atoms with Crippen LogP contribution in [0.2, 0.25) is 0 Å². The summed E-state index contributed by atoms with van der Waals surface area (Å²) in [4.78, 5) is 17.2. The fourth-order valence-corrected chi connectivity index (χ4v) is 3.01. The number of nitrogens with one attached hydrogen (secondary N) is 1. The maximum absolute atomic E-state index is 12.1. The zero-order valence-corrected chi connectivity index (χ0v) is 11.5. The normalized spacial score (nSPS) is 22.9. The number of carbonyl (C=O) groups is 1. The smallest absolute Gasteiger partial charge is 0.224 e. The minimum Gasteiger partial charge on any atom is -0.383 e. The molecule has 0 saturated carbocycles. The Bertz CT molecular complexity index is 622. The van der Waals surface area contributed by atoms with E-state index in [2.05, 4.69) is 11.1 Å². The average Bonchev–Trinajstić information content (AvgIpc) is 2.97. The quantitative estimate of drug-likeness (QED) is 0.885. The van der Waals surface area contributed by atoms with Gasteiger partial charge in [0.25, 0.3) is 0 Å². The highest BCUT2D eigenvalue weighted by molar-refractivity contribution is 5.86. The van der Waals surface area contributed by atoms with Crippen LogP contribution in [0.15, 0.2) is 30.5 Å². The number of hydrogen-bond donors (Lipinski definition) is 2. The number of amides is 1. The number of nitrogens with zero attached hydrogens (tertiary/aromatic N) is 1. The van der Waals surface area contributed by atoms with E-state index in [0.717, 1.165) is 16.5 Å². The molecule has 1 saturated heterocycles. The van der Waals surface area contributed by atoms with Crippen LogP contribution in [-0.4, -0.2) is 42.1 Å². The number of carbonyl (C=O) groups excluding carboxylic acids is 1. The first-order valence-corrected chi connectivity index (χ1v) is 6.82. The Balaban J connectivity index is 1.99. The molecule has 0 aliphatic carbocycles. The van der Waals surface area contributed by atoms with Crippen LogP contribution in [0, 0.1) is 0 Å². The number of H-pyrrole nitrogens is 1. The van der Waals surface area contributed by atoms with E-state index in [1.54, 1.807) is 7.11 Å². The van der Waals surface area contributed by atoms with Crippen molar-refractivity contribution in [3.63, 3.8) is 0 Å². The summed E-state index contributed by atoms with van der Waals surface area (Å²) in [6, 6.07) is 7.84. The summed E-state index contributed by atoms with van der Waals surface area (Å²) in [5.74, 6) is 0.102. The van der Waals surface area contributed by atoms with E-state index in [-0.39, 0.29) is 18.0 Å². The molecule has 2 aromatic rings. The van der Waals surface area contributed by atoms with Gasteiger partial charge in [-0.25, -0.2) is 0 Å². The highest BCUT2D eigenvalue weighted by Gasteiger charge is 2.39. The van der Waals surface area contributed by atoms with Gasteiger partial charge < -0.3 is 20.4 Å². The number of aromatic amines is 1. The SMILES string of the molecule is COCCN1C(=O)CC(N)C1c1c[nH]c2ccccc12. The van der Waals surface area contributed by atoms with Crippen LogP contribution in [0.4, 0.5) is 0 Å². The topological polar surface area (TPSA) is 71.3 Å². The predicted molar refractivity (Wildman–Crippen MR) is 77.2 cm³/mol. The molecular weight excluding hydrogens is 254 g/mol. The number of methoxy groups -OCH3 is 1. The number of ether oxygens (including phenoxy) is 1. The summed E-state index contributed by atoms with van der Waals surface area (Å²) < 4.78 is 5.10. The third-order valence-corrected chi connectivity index (χ3v) is 3.95. The highest BCUT2D eigenvalue weighted by Crippen LogP contribution is 2.35. The zero-order chi connectivity index (χ0) is 14.1. The number of nitrogens with two attached hydrogens (primary N) is 1. The van der Waals surface area contributed by atoms with Crippen LogP contribution in [0.25, 0.3) is 10.9 Å². The van der Waals surface area contributed by atoms with Gasteiger partial charge in [0, 0.05) is 48.8 Å². The summed E-state index contributed by atoms with van der Waals surface area (Å²) in [6.07, 6.45) is 2.36. The van der Waals surface area contributed by atoms with Crippen LogP contribution >= 0.6 is 0 Å². The lowest BCUT2D eigenvalue weighted by atomic mass is 10.00. The summed E-state index contributed by atoms with van der Waals surface area (Å²) in [5.41, 5.74) is 8.36. The van der Waals surface area contributed by atoms with Crippen molar-refractivity contribution in [2.75, 3.05) is 20.3 Å². The molecule has 1 aliphatic rings. The maximum atomic E-state index is 12.1. The molecule has 106 valence electrons. The van der Waals surface area contributed by atoms with Gasteiger partial charge in [-0.3, -0.25) is 4.79 Å². The Morgan fingerprint density at radius 2 is 2.25 bits per heavy atom. The van der Waals surface area contributed by atoms with Crippen molar-refractivity contribution in [1.29, 1.82) is 0 Å². The van der Waals surface area contributed by atoms with E-state index in [1.807, 2.05) is 29.3 Å². The number of aromatic nitrogens is 1. The first-order valence-electron chi connectivity index (χ1n) is 6.82. The zero-order valence-electron chi connectivity index (χ0n) is 11.5. The van der Waals surface area contributed by atoms with Gasteiger partial charge in [0.2, 0.25) is 5.91 Å². The molecule has 5 nitrogen and oxygen atoms in total. The van der Waals surface area contributed by atoms with Gasteiger partial charge in [-0.2, -0.15) is 0 Å². The number of hydrogen-bond acceptors (Lipinski definition) is 3. The van der Waals surface area contributed by atoms with E-state index in [9.17, 15) is 4.79 Å². The summed E-state index contributed by atoms with van der Waals surface area (Å²) in [5, 5.41) is 1.13. The fraction of sp³-hybridized carbons (Fsp3) is 0.400. The van der Waals surface area contributed by atoms with Gasteiger partial charge in [0.15, 0.2) is 0 Å². The summed E-state index contributed by atoms with van der Waals surface area (Å²) in [6.45, 7) is 1.10. The molecule has 2 heterocycles. The number of fused-ring (bicyclic) bond motifs is 1. The number of likely N-dealkylation sites (tertiary alicyclic amines) is 1. The first kappa shape index (κ1) is 13.1. The van der Waals surface area contributed by atoms with E-state index in [1.165, 1.54) is 0 Å². The van der Waals surface area contributed by atoms with Crippen molar-refractivity contribution in [2.24, 2.45) is 5.73 Å². The minimum atomic E-state index is -0.168. The lowest BCUT2D eigenvalue weighted by Gasteiger charge is -2.26. The average molecular weight is 273 g/mol. The van der Waals surface area contributed by atoms with Crippen molar-refractivity contribution in [3.8, 4) is 0 Å². The Morgan fingerprint density at radius 3 is 3.05 bits per heavy atom. The van der Waals surface area contributed by atoms with Crippen LogP contribution in [-0.2, 0) is 9.53 Å². The van der Waals surface area contributed by atoms with Crippen LogP contribution in [0.3, 0.4) is 0 Å². The van der Waals surface area contributed by atoms with Crippen molar-refractivity contribution >= 4 is 16.8 Å². The number of benzene rings is 1. The number of rotatable bonds is 4. The van der Waals surface area contributed by atoms with Gasteiger partial charge in [-0.05, 0) is 6.07 Å². The molecule has 1 aliphatic heterocycles. The van der Waals surface area contributed by atoms with E-state index in [0.29, 0.717) is 19.6 Å². The second-order valence-corrected chi connectivity index (χ2v) is 5.18. The summed E-state index contributed by atoms with van der Waals surface area (Å²) >= 11 is 0. The molecule has 1 aromatic heterocycles. The first-order chi connectivity index (χ1) is 9.72. The molecule has 5 heteroatoms. The van der Waals surface area contributed by atoms with Crippen molar-refractivity contribution in [1.82, 2.24) is 9.88 Å². The second kappa shape index (κ2) is 5.26. The van der Waals surface area contributed by atoms with Gasteiger partial charge >= 0.3 is 0 Å². The molecule has 0 radical (unpaired) electrons. The molecule has 20 heavy (non-hydrogen) atoms. The largest absolute Gasteiger partial charge is 0.383 e. The lowest BCUT2D eigenvalue weighted by molar-refractivity contribution is -0.129. The van der Waals surface area contributed by atoms with E-state index >= 15 is 0 Å². The van der Waals surface area contributed by atoms with Crippen LogP contribution in [0.5, 0.6) is 0 Å². The number of para-hydroxylation sites is 1. The van der Waals surface area contributed by atoms with Gasteiger partial charge in [-0.15, -0.1) is 0 Å². The van der Waals surface area contributed by atoms with Gasteiger partial charge in [0.05, 0.1) is 12.6 Å². The lowest BCUT2D eigenvalue weighted by Crippen LogP contribution is -2.35. The highest BCUT2D eigenvalue weighted by atomic mass is 16.5. The molecule has 0 bridgehead atoms. The summed E-state index contributed by atoms with van der Waals surface area (Å²) in [7, 11) is 1.64. The molecule has 2 atom stereocenters. The standard InChI is InChI=1S/C15H19N3O2/c1-20-7-6-18-14(19)8-12(16)15(18)11-9-17-13-5-3-2-4-10(11)13/h2-5,9,12,15,17H,6-8,16H2,1H3. The minimum absolute atomic E-state index is 0.0752. The molecule has 3 N–H and O–H groups in total. The van der Waals surface area contributed by atoms with Crippen LogP contribution < -0.4 is 5.73 Å². The van der Waals surface area contributed by atoms with Crippen molar-refractivity contribution in [2.45, 2.75) is 18.5 Å². The van der Waals surface area contributed by atoms with Crippen LogP contribution in [0.1, 0.15) is 18.0 Å². The third kappa shape index (κ3) is 2.09. The maximum Gasteiger partial charge on any atom is 0.224 e. The fourth-order valence-electron chi connectivity index (χ4n) is 3.01. The van der Waals surface area contributed by atoms with Gasteiger partial charge in [-0.1, -0.05) is 18.2 Å². The predicted octanol–water partition coefficient (Wildman–Crippen LogP) is 1.41. The monoisotopic (exact) mass is 273 g/mol. The Hall–Kier alpha value is -1.85. The molecule has 1 fully saturated rings. The molecule has 1 aromatic carbocycles. The second-order valence-electron chi connectivity index (χ2n) is 5.18. The van der Waals surface area contributed by atoms with E-state index in [4.69, 9.17) is 10.5 Å². The molecule has 3 rings (SSSR count). The third-order valence-electron chi connectivity index (χ3n) is 3.95. The van der Waals surface area contributed by atoms with Crippen molar-refractivity contribution in [3.05, 3.63) is 36.0 Å². The van der Waals surface area contributed by atoms with E-state index < -0.39 is 0 Å². The molecule has 1 amide bonds. The Labute approximate surface area is 117 Å².